The van der Waals surface area contributed by atoms with Gasteiger partial charge in [-0.15, -0.1) is 30.6 Å². The van der Waals surface area contributed by atoms with Crippen molar-refractivity contribution in [2.75, 3.05) is 24.7 Å². The first-order valence-corrected chi connectivity index (χ1v) is 23.8. The van der Waals surface area contributed by atoms with Gasteiger partial charge >= 0.3 is 0 Å². The zero-order chi connectivity index (χ0) is 50.6. The second-order valence-corrected chi connectivity index (χ2v) is 17.9. The van der Waals surface area contributed by atoms with Gasteiger partial charge in [-0.05, 0) is 54.8 Å². The largest absolute Gasteiger partial charge is 0.439 e. The minimum absolute atomic E-state index is 0.462. The highest BCUT2D eigenvalue weighted by Crippen LogP contribution is 2.36. The molecule has 0 saturated heterocycles. The summed E-state index contributed by atoms with van der Waals surface area (Å²) in [5, 5.41) is 47.3. The van der Waals surface area contributed by atoms with E-state index in [2.05, 4.69) is 75.7 Å². The second-order valence-electron chi connectivity index (χ2n) is 17.9. The van der Waals surface area contributed by atoms with Gasteiger partial charge in [-0.3, -0.25) is 17.9 Å². The summed E-state index contributed by atoms with van der Waals surface area (Å²) in [7, 11) is 9.25. The van der Waals surface area contributed by atoms with E-state index in [0.29, 0.717) is 88.1 Å². The molecule has 22 heteroatoms. The molecule has 0 atom stereocenters. The third kappa shape index (κ3) is 8.31. The summed E-state index contributed by atoms with van der Waals surface area (Å²) in [4.78, 5) is 14.8. The Balaban J connectivity index is 0.798. The standard InChI is InChI=1S/C52H48N20O2/c1-30-48-63-61-44(71(48)28-41(57-30)37-24-55-68(6)51(37)73-35-16-9-8-10-17-35)23-34-15-12-18-36(20-34)74-52-38(25-56-69(52)7)42-29-72-45(62-65-50(72)47(54-4)58-42)22-33-14-11-13-32(19-33)21-40-39(26-67(5)66-40)43-27-70-31(2)60-64-49(70)46(53-3)59-43/h8-20,24-29H,21-23H2,1-7H3,(H,53,59)(H,54,58). The molecule has 0 radical (unpaired) electrons. The molecular formula is C52H48N20O2. The van der Waals surface area contributed by atoms with E-state index >= 15 is 0 Å². The molecule has 0 aliphatic carbocycles. The van der Waals surface area contributed by atoms with Crippen molar-refractivity contribution >= 4 is 28.6 Å². The van der Waals surface area contributed by atoms with Gasteiger partial charge in [0.2, 0.25) is 23.1 Å². The molecule has 0 bridgehead atoms. The van der Waals surface area contributed by atoms with Gasteiger partial charge in [0.25, 0.3) is 0 Å². The Kier molecular flexibility index (Phi) is 11.3. The number of nitrogens with one attached hydrogen (secondary N) is 2. The molecule has 368 valence electrons. The lowest BCUT2D eigenvalue weighted by Gasteiger charge is -2.12. The van der Waals surface area contributed by atoms with Gasteiger partial charge in [-0.1, -0.05) is 54.6 Å². The molecule has 9 heterocycles. The average molecular weight is 985 g/mol. The van der Waals surface area contributed by atoms with Gasteiger partial charge in [-0.2, -0.15) is 15.3 Å². The van der Waals surface area contributed by atoms with Gasteiger partial charge in [0, 0.05) is 84.9 Å². The summed E-state index contributed by atoms with van der Waals surface area (Å²) in [6.07, 6.45) is 12.9. The van der Waals surface area contributed by atoms with Crippen LogP contribution in [0.25, 0.3) is 50.7 Å². The quantitative estimate of drug-likeness (QED) is 0.103. The topological polar surface area (TPSA) is 225 Å². The van der Waals surface area contributed by atoms with E-state index in [1.165, 1.54) is 0 Å². The highest BCUT2D eigenvalue weighted by atomic mass is 16.5. The fourth-order valence-corrected chi connectivity index (χ4v) is 9.17. The van der Waals surface area contributed by atoms with Crippen molar-refractivity contribution in [2.24, 2.45) is 21.1 Å². The van der Waals surface area contributed by atoms with E-state index < -0.39 is 0 Å². The fourth-order valence-electron chi connectivity index (χ4n) is 9.17. The minimum Gasteiger partial charge on any atom is -0.439 e. The van der Waals surface area contributed by atoms with Crippen molar-refractivity contribution in [2.45, 2.75) is 33.1 Å². The van der Waals surface area contributed by atoms with Crippen LogP contribution in [-0.4, -0.2) is 102 Å². The first kappa shape index (κ1) is 45.3. The Morgan fingerprint density at radius 1 is 0.500 bits per heavy atom. The van der Waals surface area contributed by atoms with E-state index in [1.54, 1.807) is 21.8 Å². The van der Waals surface area contributed by atoms with Crippen molar-refractivity contribution in [1.29, 1.82) is 0 Å². The van der Waals surface area contributed by atoms with E-state index in [-0.39, 0.29) is 0 Å². The number of benzene rings is 3. The maximum absolute atomic E-state index is 6.67. The molecule has 22 nitrogen and oxygen atoms in total. The van der Waals surface area contributed by atoms with Gasteiger partial charge in [0.15, 0.2) is 17.3 Å². The second kappa shape index (κ2) is 18.4. The predicted octanol–water partition coefficient (Wildman–Crippen LogP) is 7.26. The molecule has 2 N–H and O–H groups in total. The number of ether oxygens (including phenoxy) is 2. The molecule has 9 aromatic heterocycles. The lowest BCUT2D eigenvalue weighted by atomic mass is 10.0. The minimum atomic E-state index is 0.462. The highest BCUT2D eigenvalue weighted by molar-refractivity contribution is 5.73. The zero-order valence-electron chi connectivity index (χ0n) is 41.5. The molecule has 0 aliphatic rings. The third-order valence-electron chi connectivity index (χ3n) is 12.8. The number of nitrogens with zero attached hydrogens (tertiary/aromatic N) is 18. The van der Waals surface area contributed by atoms with Crippen molar-refractivity contribution in [1.82, 2.24) is 88.1 Å². The number of para-hydroxylation sites is 1. The smallest absolute Gasteiger partial charge is 0.227 e. The number of aryl methyl sites for hydroxylation is 5. The van der Waals surface area contributed by atoms with Crippen LogP contribution in [0.15, 0.2) is 116 Å². The molecule has 12 aromatic rings. The van der Waals surface area contributed by atoms with Crippen LogP contribution in [0.2, 0.25) is 0 Å². The number of hydrogen-bond donors (Lipinski definition) is 2. The number of rotatable bonds is 15. The van der Waals surface area contributed by atoms with Gasteiger partial charge in [-0.25, -0.2) is 24.3 Å². The first-order chi connectivity index (χ1) is 36.1. The van der Waals surface area contributed by atoms with Crippen molar-refractivity contribution in [3.63, 3.8) is 0 Å². The first-order valence-electron chi connectivity index (χ1n) is 23.8. The van der Waals surface area contributed by atoms with Crippen LogP contribution < -0.4 is 20.1 Å². The Morgan fingerprint density at radius 3 is 1.70 bits per heavy atom. The third-order valence-corrected chi connectivity index (χ3v) is 12.8. The van der Waals surface area contributed by atoms with Crippen LogP contribution in [0.5, 0.6) is 23.3 Å². The normalized spacial score (nSPS) is 11.6. The molecule has 0 saturated carbocycles. The maximum atomic E-state index is 6.67. The summed E-state index contributed by atoms with van der Waals surface area (Å²) in [6, 6.07) is 26.0. The van der Waals surface area contributed by atoms with E-state index in [0.717, 1.165) is 62.4 Å². The molecule has 0 fully saturated rings. The average Bonchev–Trinajstić information content (AvgIpc) is 4.29. The molecule has 3 aromatic carbocycles. The molecule has 0 aliphatic heterocycles. The van der Waals surface area contributed by atoms with Crippen molar-refractivity contribution in [3.05, 3.63) is 162 Å². The monoisotopic (exact) mass is 984 g/mol. The SMILES string of the molecule is CNc1nc(-c2cn(C)nc2Cc2cccc(Cc3nnc4c(NC)nc(-c5cnn(C)c5Oc5cccc(Cc6nnc7c(C)nc(-c8cnn(C)c8Oc8ccccc8)cn67)c5)cn34)c2)cn2c(C)nnc12. The highest BCUT2D eigenvalue weighted by Gasteiger charge is 2.23. The number of aromatic nitrogens is 18. The van der Waals surface area contributed by atoms with Gasteiger partial charge in [0.05, 0.1) is 52.0 Å². The zero-order valence-corrected chi connectivity index (χ0v) is 41.5. The van der Waals surface area contributed by atoms with E-state index in [9.17, 15) is 0 Å². The van der Waals surface area contributed by atoms with Crippen LogP contribution >= 0.6 is 0 Å². The van der Waals surface area contributed by atoms with Crippen molar-refractivity contribution < 1.29 is 9.47 Å². The van der Waals surface area contributed by atoms with Gasteiger partial charge in [0.1, 0.15) is 29.0 Å². The Hall–Kier alpha value is -9.86. The Labute approximate surface area is 422 Å². The molecule has 0 unspecified atom stereocenters. The van der Waals surface area contributed by atoms with Crippen molar-refractivity contribution in [3.8, 4) is 57.0 Å². The summed E-state index contributed by atoms with van der Waals surface area (Å²) in [6.45, 7) is 3.84. The van der Waals surface area contributed by atoms with Gasteiger partial charge < -0.3 is 20.1 Å². The van der Waals surface area contributed by atoms with Crippen LogP contribution in [0, 0.1) is 13.8 Å². The fraction of sp³-hybridized carbons (Fsp3) is 0.192. The lowest BCUT2D eigenvalue weighted by Crippen LogP contribution is -2.04. The molecule has 0 amide bonds. The summed E-state index contributed by atoms with van der Waals surface area (Å²) in [5.74, 6) is 5.81. The molecular weight excluding hydrogens is 937 g/mol. The lowest BCUT2D eigenvalue weighted by molar-refractivity contribution is 0.431. The number of hydrogen-bond acceptors (Lipinski definition) is 16. The molecule has 74 heavy (non-hydrogen) atoms. The van der Waals surface area contributed by atoms with Crippen LogP contribution in [0.4, 0.5) is 11.6 Å². The number of anilines is 2. The number of fused-ring (bicyclic) bond motifs is 3. The Morgan fingerprint density at radius 2 is 1.03 bits per heavy atom. The summed E-state index contributed by atoms with van der Waals surface area (Å²) >= 11 is 0. The van der Waals surface area contributed by atoms with E-state index in [1.807, 2.05) is 146 Å². The molecule has 12 rings (SSSR count). The maximum Gasteiger partial charge on any atom is 0.227 e. The summed E-state index contributed by atoms with van der Waals surface area (Å²) in [5.41, 5.74) is 11.1. The van der Waals surface area contributed by atoms with E-state index in [4.69, 9.17) is 29.5 Å². The summed E-state index contributed by atoms with van der Waals surface area (Å²) < 4.78 is 24.0. The van der Waals surface area contributed by atoms with Crippen LogP contribution in [0.3, 0.4) is 0 Å². The molecule has 0 spiro atoms. The van der Waals surface area contributed by atoms with Crippen LogP contribution in [-0.2, 0) is 40.4 Å². The Bertz CT molecular complexity index is 4070. The predicted molar refractivity (Wildman–Crippen MR) is 275 cm³/mol. The van der Waals surface area contributed by atoms with Crippen LogP contribution in [0.1, 0.15) is 45.6 Å².